The molecule has 1 aromatic heterocycles. The lowest BCUT2D eigenvalue weighted by Gasteiger charge is -2.27. The highest BCUT2D eigenvalue weighted by Crippen LogP contribution is 2.36. The molecule has 1 N–H and O–H groups in total. The van der Waals surface area contributed by atoms with Gasteiger partial charge in [0.2, 0.25) is 0 Å². The molecule has 2 heterocycles. The molecule has 0 unspecified atom stereocenters. The Morgan fingerprint density at radius 2 is 1.92 bits per heavy atom. The fourth-order valence-corrected chi connectivity index (χ4v) is 2.75. The van der Waals surface area contributed by atoms with E-state index in [1.54, 1.807) is 12.1 Å². The van der Waals surface area contributed by atoms with Crippen molar-refractivity contribution in [3.05, 3.63) is 52.7 Å². The van der Waals surface area contributed by atoms with Crippen LogP contribution in [0.15, 0.2) is 36.5 Å². The monoisotopic (exact) mass is 385 g/mol. The average molecular weight is 386 g/mol. The molecule has 26 heavy (non-hydrogen) atoms. The number of hydrogen-bond donors (Lipinski definition) is 1. The Hall–Kier alpha value is -2.32. The van der Waals surface area contributed by atoms with Gasteiger partial charge in [-0.15, -0.1) is 0 Å². The summed E-state index contributed by atoms with van der Waals surface area (Å²) in [6, 6.07) is 6.48. The zero-order chi connectivity index (χ0) is 18.7. The van der Waals surface area contributed by atoms with Gasteiger partial charge in [0.15, 0.2) is 0 Å². The number of amides is 1. The second-order valence-corrected chi connectivity index (χ2v) is 6.06. The van der Waals surface area contributed by atoms with Crippen LogP contribution in [0.1, 0.15) is 15.9 Å². The molecule has 0 spiro atoms. The number of anilines is 2. The van der Waals surface area contributed by atoms with Gasteiger partial charge in [-0.25, -0.2) is 4.98 Å². The van der Waals surface area contributed by atoms with E-state index in [0.29, 0.717) is 26.3 Å². The fourth-order valence-electron chi connectivity index (χ4n) is 2.52. The number of rotatable bonds is 3. The van der Waals surface area contributed by atoms with Crippen LogP contribution in [-0.4, -0.2) is 37.2 Å². The number of ether oxygens (including phenoxy) is 1. The van der Waals surface area contributed by atoms with Crippen molar-refractivity contribution in [3.63, 3.8) is 0 Å². The van der Waals surface area contributed by atoms with Gasteiger partial charge < -0.3 is 15.0 Å². The Morgan fingerprint density at radius 3 is 2.54 bits per heavy atom. The molecule has 5 nitrogen and oxygen atoms in total. The Morgan fingerprint density at radius 1 is 1.19 bits per heavy atom. The molecule has 1 aliphatic heterocycles. The Kier molecular flexibility index (Phi) is 5.33. The van der Waals surface area contributed by atoms with Crippen molar-refractivity contribution in [1.29, 1.82) is 0 Å². The van der Waals surface area contributed by atoms with E-state index in [4.69, 9.17) is 16.3 Å². The molecule has 3 rings (SSSR count). The Labute approximate surface area is 152 Å². The third-order valence-corrected chi connectivity index (χ3v) is 4.20. The maximum atomic E-state index is 12.9. The summed E-state index contributed by atoms with van der Waals surface area (Å²) < 4.78 is 43.9. The summed E-state index contributed by atoms with van der Waals surface area (Å²) in [6.45, 7) is 2.65. The van der Waals surface area contributed by atoms with Crippen molar-refractivity contribution in [2.75, 3.05) is 36.5 Å². The van der Waals surface area contributed by atoms with Crippen LogP contribution in [0.4, 0.5) is 24.7 Å². The molecule has 1 aromatic carbocycles. The number of aromatic nitrogens is 1. The zero-order valence-electron chi connectivity index (χ0n) is 13.5. The highest BCUT2D eigenvalue weighted by molar-refractivity contribution is 6.31. The average Bonchev–Trinajstić information content (AvgIpc) is 2.63. The first-order valence-electron chi connectivity index (χ1n) is 7.81. The van der Waals surface area contributed by atoms with Crippen molar-refractivity contribution in [2.45, 2.75) is 6.18 Å². The maximum Gasteiger partial charge on any atom is 0.417 e. The van der Waals surface area contributed by atoms with Crippen LogP contribution in [0.25, 0.3) is 0 Å². The normalized spacial score (nSPS) is 15.0. The standard InChI is InChI=1S/C17H15ClF3N3O2/c18-14-3-2-12(9-13(14)17(19,20)21)23-16(25)11-1-4-15(22-10-11)24-5-7-26-8-6-24/h1-4,9-10H,5-8H2,(H,23,25). The molecule has 1 fully saturated rings. The molecule has 138 valence electrons. The minimum Gasteiger partial charge on any atom is -0.378 e. The van der Waals surface area contributed by atoms with Gasteiger partial charge in [-0.1, -0.05) is 11.6 Å². The minimum atomic E-state index is -4.60. The fraction of sp³-hybridized carbons (Fsp3) is 0.294. The Balaban J connectivity index is 1.72. The number of carbonyl (C=O) groups is 1. The van der Waals surface area contributed by atoms with E-state index in [-0.39, 0.29) is 11.3 Å². The van der Waals surface area contributed by atoms with Gasteiger partial charge in [0.25, 0.3) is 5.91 Å². The quantitative estimate of drug-likeness (QED) is 0.872. The molecule has 0 saturated carbocycles. The summed E-state index contributed by atoms with van der Waals surface area (Å²) in [7, 11) is 0. The summed E-state index contributed by atoms with van der Waals surface area (Å²) in [5.41, 5.74) is -0.757. The number of nitrogens with zero attached hydrogens (tertiary/aromatic N) is 2. The molecule has 2 aromatic rings. The molecule has 1 aliphatic rings. The van der Waals surface area contributed by atoms with E-state index < -0.39 is 22.7 Å². The lowest BCUT2D eigenvalue weighted by molar-refractivity contribution is -0.137. The van der Waals surface area contributed by atoms with Crippen LogP contribution in [0.3, 0.4) is 0 Å². The summed E-state index contributed by atoms with van der Waals surface area (Å²) in [4.78, 5) is 18.5. The second kappa shape index (κ2) is 7.51. The van der Waals surface area contributed by atoms with Gasteiger partial charge in [-0.3, -0.25) is 4.79 Å². The van der Waals surface area contributed by atoms with Crippen molar-refractivity contribution in [3.8, 4) is 0 Å². The summed E-state index contributed by atoms with van der Waals surface area (Å²) >= 11 is 5.57. The van der Waals surface area contributed by atoms with E-state index >= 15 is 0 Å². The number of hydrogen-bond acceptors (Lipinski definition) is 4. The maximum absolute atomic E-state index is 12.9. The number of benzene rings is 1. The molecule has 9 heteroatoms. The van der Waals surface area contributed by atoms with Crippen LogP contribution in [0.5, 0.6) is 0 Å². The molecule has 0 aliphatic carbocycles. The third-order valence-electron chi connectivity index (χ3n) is 3.87. The highest BCUT2D eigenvalue weighted by atomic mass is 35.5. The van der Waals surface area contributed by atoms with E-state index in [9.17, 15) is 18.0 Å². The molecular weight excluding hydrogens is 371 g/mol. The van der Waals surface area contributed by atoms with Gasteiger partial charge in [0.1, 0.15) is 5.82 Å². The van der Waals surface area contributed by atoms with Crippen molar-refractivity contribution >= 4 is 29.0 Å². The summed E-state index contributed by atoms with van der Waals surface area (Å²) in [6.07, 6.45) is -3.21. The number of carbonyl (C=O) groups excluding carboxylic acids is 1. The zero-order valence-corrected chi connectivity index (χ0v) is 14.3. The van der Waals surface area contributed by atoms with E-state index in [1.165, 1.54) is 12.3 Å². The first-order valence-corrected chi connectivity index (χ1v) is 8.19. The minimum absolute atomic E-state index is 0.00369. The van der Waals surface area contributed by atoms with E-state index in [0.717, 1.165) is 18.0 Å². The molecule has 0 radical (unpaired) electrons. The number of nitrogens with one attached hydrogen (secondary N) is 1. The molecule has 0 atom stereocenters. The topological polar surface area (TPSA) is 54.5 Å². The highest BCUT2D eigenvalue weighted by Gasteiger charge is 2.33. The lowest BCUT2D eigenvalue weighted by Crippen LogP contribution is -2.36. The first-order chi connectivity index (χ1) is 12.3. The Bertz CT molecular complexity index is 791. The number of alkyl halides is 3. The number of halogens is 4. The van der Waals surface area contributed by atoms with Gasteiger partial charge >= 0.3 is 6.18 Å². The van der Waals surface area contributed by atoms with E-state index in [1.807, 2.05) is 4.90 Å². The third kappa shape index (κ3) is 4.25. The molecule has 1 saturated heterocycles. The molecule has 1 amide bonds. The van der Waals surface area contributed by atoms with Crippen LogP contribution in [0.2, 0.25) is 5.02 Å². The van der Waals surface area contributed by atoms with Crippen LogP contribution >= 0.6 is 11.6 Å². The van der Waals surface area contributed by atoms with Gasteiger partial charge in [0, 0.05) is 25.0 Å². The lowest BCUT2D eigenvalue weighted by atomic mass is 10.2. The number of pyridine rings is 1. The van der Waals surface area contributed by atoms with E-state index in [2.05, 4.69) is 10.3 Å². The summed E-state index contributed by atoms with van der Waals surface area (Å²) in [5, 5.41) is 2.00. The van der Waals surface area contributed by atoms with Crippen molar-refractivity contribution in [2.24, 2.45) is 0 Å². The van der Waals surface area contributed by atoms with Crippen molar-refractivity contribution in [1.82, 2.24) is 4.98 Å². The van der Waals surface area contributed by atoms with Crippen LogP contribution in [0, 0.1) is 0 Å². The van der Waals surface area contributed by atoms with Gasteiger partial charge in [-0.2, -0.15) is 13.2 Å². The van der Waals surface area contributed by atoms with Crippen LogP contribution in [-0.2, 0) is 10.9 Å². The van der Waals surface area contributed by atoms with Gasteiger partial charge in [-0.05, 0) is 30.3 Å². The molecule has 0 bridgehead atoms. The second-order valence-electron chi connectivity index (χ2n) is 5.65. The predicted octanol–water partition coefficient (Wildman–Crippen LogP) is 3.84. The SMILES string of the molecule is O=C(Nc1ccc(Cl)c(C(F)(F)F)c1)c1ccc(N2CCOCC2)nc1. The molecular formula is C17H15ClF3N3O2. The van der Waals surface area contributed by atoms with Crippen molar-refractivity contribution < 1.29 is 22.7 Å². The predicted molar refractivity (Wildman–Crippen MR) is 91.7 cm³/mol. The smallest absolute Gasteiger partial charge is 0.378 e. The van der Waals surface area contributed by atoms with Gasteiger partial charge in [0.05, 0.1) is 29.4 Å². The largest absolute Gasteiger partial charge is 0.417 e. The number of morpholine rings is 1. The first kappa shape index (κ1) is 18.5. The van der Waals surface area contributed by atoms with Crippen LogP contribution < -0.4 is 10.2 Å². The summed E-state index contributed by atoms with van der Waals surface area (Å²) in [5.74, 6) is 0.164.